The molecule has 0 aliphatic heterocycles. The van der Waals surface area contributed by atoms with Gasteiger partial charge in [0, 0.05) is 54.4 Å². The van der Waals surface area contributed by atoms with Crippen LogP contribution in [0.4, 0.5) is 5.69 Å². The zero-order chi connectivity index (χ0) is 28.6. The molecule has 1 aromatic heterocycles. The summed E-state index contributed by atoms with van der Waals surface area (Å²) in [6, 6.07) is 21.1. The average Bonchev–Trinajstić information content (AvgIpc) is 3.37. The first-order chi connectivity index (χ1) is 19.2. The van der Waals surface area contributed by atoms with Crippen molar-refractivity contribution in [3.8, 4) is 5.75 Å². The predicted octanol–water partition coefficient (Wildman–Crippen LogP) is 5.45. The molecule has 2 amide bonds. The van der Waals surface area contributed by atoms with Crippen molar-refractivity contribution < 1.29 is 19.2 Å². The van der Waals surface area contributed by atoms with Gasteiger partial charge in [-0.2, -0.15) is 0 Å². The van der Waals surface area contributed by atoms with Crippen molar-refractivity contribution in [2.24, 2.45) is 5.92 Å². The fourth-order valence-corrected chi connectivity index (χ4v) is 4.67. The van der Waals surface area contributed by atoms with Gasteiger partial charge in [0.1, 0.15) is 12.3 Å². The highest BCUT2D eigenvalue weighted by Gasteiger charge is 2.24. The molecule has 0 aliphatic rings. The van der Waals surface area contributed by atoms with Crippen LogP contribution in [0.25, 0.3) is 10.9 Å². The van der Waals surface area contributed by atoms with Gasteiger partial charge in [-0.1, -0.05) is 44.2 Å². The fraction of sp³-hybridized carbons (Fsp3) is 0.290. The molecule has 0 aliphatic carbocycles. The lowest BCUT2D eigenvalue weighted by Gasteiger charge is -2.29. The summed E-state index contributed by atoms with van der Waals surface area (Å²) in [5.74, 6) is 0.345. The highest BCUT2D eigenvalue weighted by atomic mass is 16.6. The number of ether oxygens (including phenoxy) is 1. The summed E-state index contributed by atoms with van der Waals surface area (Å²) in [6.07, 6.45) is 2.62. The van der Waals surface area contributed by atoms with Crippen molar-refractivity contribution in [1.29, 1.82) is 0 Å². The quantitative estimate of drug-likeness (QED) is 0.189. The van der Waals surface area contributed by atoms with Gasteiger partial charge in [0.2, 0.25) is 5.91 Å². The number of hydrogen-bond acceptors (Lipinski definition) is 5. The maximum atomic E-state index is 13.8. The molecule has 1 heterocycles. The van der Waals surface area contributed by atoms with Crippen molar-refractivity contribution >= 4 is 28.4 Å². The highest BCUT2D eigenvalue weighted by Crippen LogP contribution is 2.20. The Hall–Kier alpha value is -4.66. The standard InChI is InChI=1S/C31H34N4O5/c1-22(2)19-34(31(37)24-10-12-26(13-11-24)35(38)39)21-30(36)33(20-23-8-14-27(40-3)15-9-23)17-16-25-18-32-29-7-5-4-6-28(25)29/h4-15,18,22,32H,16-17,19-21H2,1-3H3. The van der Waals surface area contributed by atoms with Crippen LogP contribution >= 0.6 is 0 Å². The topological polar surface area (TPSA) is 109 Å². The summed E-state index contributed by atoms with van der Waals surface area (Å²) in [5.41, 5.74) is 3.32. The molecule has 208 valence electrons. The Morgan fingerprint density at radius 2 is 1.68 bits per heavy atom. The van der Waals surface area contributed by atoms with Gasteiger partial charge in [0.05, 0.1) is 12.0 Å². The molecule has 4 aromatic rings. The average molecular weight is 543 g/mol. The smallest absolute Gasteiger partial charge is 0.269 e. The zero-order valence-electron chi connectivity index (χ0n) is 23.0. The molecule has 1 N–H and O–H groups in total. The number of H-pyrrole nitrogens is 1. The number of hydrogen-bond donors (Lipinski definition) is 1. The monoisotopic (exact) mass is 542 g/mol. The van der Waals surface area contributed by atoms with Crippen LogP contribution in [0.5, 0.6) is 5.75 Å². The first kappa shape index (κ1) is 28.4. The maximum Gasteiger partial charge on any atom is 0.269 e. The molecule has 0 fully saturated rings. The van der Waals surface area contributed by atoms with Crippen LogP contribution in [0, 0.1) is 16.0 Å². The number of non-ortho nitro benzene ring substituents is 1. The number of fused-ring (bicyclic) bond motifs is 1. The number of benzene rings is 3. The minimum atomic E-state index is -0.506. The van der Waals surface area contributed by atoms with E-state index in [9.17, 15) is 19.7 Å². The second-order valence-corrected chi connectivity index (χ2v) is 10.2. The summed E-state index contributed by atoms with van der Waals surface area (Å²) in [5, 5.41) is 12.2. The first-order valence-electron chi connectivity index (χ1n) is 13.2. The molecule has 0 saturated heterocycles. The SMILES string of the molecule is COc1ccc(CN(CCc2c[nH]c3ccccc23)C(=O)CN(CC(C)C)C(=O)c2ccc([N+](=O)[O-])cc2)cc1. The van der Waals surface area contributed by atoms with E-state index < -0.39 is 4.92 Å². The van der Waals surface area contributed by atoms with Crippen LogP contribution in [0.15, 0.2) is 79.0 Å². The molecule has 0 spiro atoms. The third-order valence-electron chi connectivity index (χ3n) is 6.74. The van der Waals surface area contributed by atoms with E-state index in [4.69, 9.17) is 4.74 Å². The predicted molar refractivity (Wildman–Crippen MR) is 154 cm³/mol. The summed E-state index contributed by atoms with van der Waals surface area (Å²) in [6.45, 7) is 5.08. The number of carbonyl (C=O) groups is 2. The number of nitrogens with zero attached hydrogens (tertiary/aromatic N) is 3. The fourth-order valence-electron chi connectivity index (χ4n) is 4.67. The van der Waals surface area contributed by atoms with Gasteiger partial charge in [-0.05, 0) is 53.8 Å². The maximum absolute atomic E-state index is 13.8. The van der Waals surface area contributed by atoms with E-state index in [1.165, 1.54) is 29.2 Å². The van der Waals surface area contributed by atoms with E-state index in [1.54, 1.807) is 12.0 Å². The molecule has 0 bridgehead atoms. The lowest BCUT2D eigenvalue weighted by molar-refractivity contribution is -0.384. The zero-order valence-corrected chi connectivity index (χ0v) is 23.0. The van der Waals surface area contributed by atoms with Gasteiger partial charge in [-0.3, -0.25) is 19.7 Å². The molecule has 9 nitrogen and oxygen atoms in total. The molecule has 9 heteroatoms. The van der Waals surface area contributed by atoms with Crippen LogP contribution in [0.3, 0.4) is 0 Å². The van der Waals surface area contributed by atoms with Crippen molar-refractivity contribution in [3.63, 3.8) is 0 Å². The van der Waals surface area contributed by atoms with Crippen LogP contribution in [0.2, 0.25) is 0 Å². The molecular formula is C31H34N4O5. The van der Waals surface area contributed by atoms with Gasteiger partial charge in [0.25, 0.3) is 11.6 Å². The van der Waals surface area contributed by atoms with Crippen LogP contribution in [-0.4, -0.2) is 58.3 Å². The van der Waals surface area contributed by atoms with Crippen molar-refractivity contribution in [1.82, 2.24) is 14.8 Å². The Balaban J connectivity index is 1.55. The lowest BCUT2D eigenvalue weighted by Crippen LogP contribution is -2.44. The van der Waals surface area contributed by atoms with Gasteiger partial charge in [-0.15, -0.1) is 0 Å². The molecule has 3 aromatic carbocycles. The highest BCUT2D eigenvalue weighted by molar-refractivity contribution is 5.96. The Labute approximate surface area is 233 Å². The summed E-state index contributed by atoms with van der Waals surface area (Å²) < 4.78 is 5.27. The molecular weight excluding hydrogens is 508 g/mol. The van der Waals surface area contributed by atoms with E-state index in [0.717, 1.165) is 27.8 Å². The third-order valence-corrected chi connectivity index (χ3v) is 6.74. The minimum absolute atomic E-state index is 0.0917. The Morgan fingerprint density at radius 1 is 0.975 bits per heavy atom. The van der Waals surface area contributed by atoms with Crippen LogP contribution in [-0.2, 0) is 17.8 Å². The molecule has 0 radical (unpaired) electrons. The van der Waals surface area contributed by atoms with E-state index in [-0.39, 0.29) is 30.0 Å². The van der Waals surface area contributed by atoms with Crippen LogP contribution < -0.4 is 4.74 Å². The number of amides is 2. The van der Waals surface area contributed by atoms with Gasteiger partial charge >= 0.3 is 0 Å². The third kappa shape index (κ3) is 7.05. The number of rotatable bonds is 12. The number of carbonyl (C=O) groups excluding carboxylic acids is 2. The van der Waals surface area contributed by atoms with Gasteiger partial charge in [-0.25, -0.2) is 0 Å². The molecule has 0 unspecified atom stereocenters. The number of aromatic nitrogens is 1. The Kier molecular flexibility index (Phi) is 9.16. The van der Waals surface area contributed by atoms with Gasteiger partial charge < -0.3 is 19.5 Å². The molecule has 40 heavy (non-hydrogen) atoms. The van der Waals surface area contributed by atoms with E-state index in [0.29, 0.717) is 31.6 Å². The molecule has 0 saturated carbocycles. The second kappa shape index (κ2) is 12.9. The second-order valence-electron chi connectivity index (χ2n) is 10.2. The van der Waals surface area contributed by atoms with E-state index >= 15 is 0 Å². The van der Waals surface area contributed by atoms with E-state index in [2.05, 4.69) is 11.1 Å². The summed E-state index contributed by atoms with van der Waals surface area (Å²) >= 11 is 0. The number of nitro groups is 1. The lowest BCUT2D eigenvalue weighted by atomic mass is 10.1. The Morgan fingerprint density at radius 3 is 2.33 bits per heavy atom. The first-order valence-corrected chi connectivity index (χ1v) is 13.2. The molecule has 4 rings (SSSR count). The van der Waals surface area contributed by atoms with Crippen LogP contribution in [0.1, 0.15) is 35.3 Å². The van der Waals surface area contributed by atoms with Crippen molar-refractivity contribution in [3.05, 3.63) is 106 Å². The summed E-state index contributed by atoms with van der Waals surface area (Å²) in [4.78, 5) is 44.3. The van der Waals surface area contributed by atoms with Gasteiger partial charge in [0.15, 0.2) is 0 Å². The van der Waals surface area contributed by atoms with E-state index in [1.807, 2.05) is 62.5 Å². The Bertz CT molecular complexity index is 1460. The number of nitro benzene ring substituents is 1. The number of para-hydroxylation sites is 1. The normalized spacial score (nSPS) is 11.0. The number of methoxy groups -OCH3 is 1. The number of aromatic amines is 1. The van der Waals surface area contributed by atoms with Crippen molar-refractivity contribution in [2.45, 2.75) is 26.8 Å². The number of nitrogens with one attached hydrogen (secondary N) is 1. The molecule has 0 atom stereocenters. The van der Waals surface area contributed by atoms with Crippen molar-refractivity contribution in [2.75, 3.05) is 26.7 Å². The minimum Gasteiger partial charge on any atom is -0.497 e. The largest absolute Gasteiger partial charge is 0.497 e. The summed E-state index contributed by atoms with van der Waals surface area (Å²) in [7, 11) is 1.61.